The molecule has 14 heavy (non-hydrogen) atoms. The van der Waals surface area contributed by atoms with Gasteiger partial charge in [-0.05, 0) is 18.9 Å². The molecule has 0 unspecified atom stereocenters. The molecule has 0 rings (SSSR count). The molecule has 0 aromatic heterocycles. The lowest BCUT2D eigenvalue weighted by atomic mass is 10.0. The predicted octanol–water partition coefficient (Wildman–Crippen LogP) is 3.85. The first-order chi connectivity index (χ1) is 6.77. The first-order valence-electron chi connectivity index (χ1n) is 6.12. The van der Waals surface area contributed by atoms with Crippen LogP contribution in [-0.2, 0) is 0 Å². The minimum absolute atomic E-state index is 0.632. The van der Waals surface area contributed by atoms with Crippen molar-refractivity contribution in [1.29, 1.82) is 0 Å². The van der Waals surface area contributed by atoms with Crippen LogP contribution < -0.4 is 5.48 Å². The maximum absolute atomic E-state index is 9.92. The van der Waals surface area contributed by atoms with E-state index in [-0.39, 0.29) is 0 Å². The normalized spacial score (nSPS) is 11.1. The van der Waals surface area contributed by atoms with E-state index in [1.54, 1.807) is 0 Å². The number of nitrogens with one attached hydrogen (secondary N) is 1. The van der Waals surface area contributed by atoms with E-state index in [1.165, 1.54) is 44.9 Å². The van der Waals surface area contributed by atoms with E-state index in [2.05, 4.69) is 13.8 Å². The summed E-state index contributed by atoms with van der Waals surface area (Å²) in [6.07, 6.45) is 10.4. The molecule has 0 aliphatic rings. The topological polar surface area (TPSA) is 35.1 Å². The minimum atomic E-state index is 0.632. The van der Waals surface area contributed by atoms with E-state index >= 15 is 0 Å². The zero-order chi connectivity index (χ0) is 10.6. The molecule has 0 aromatic carbocycles. The maximum Gasteiger partial charge on any atom is -0.0170 e. The van der Waals surface area contributed by atoms with Crippen LogP contribution in [0.4, 0.5) is 0 Å². The molecule has 0 bridgehead atoms. The van der Waals surface area contributed by atoms with Crippen LogP contribution in [0, 0.1) is 11.1 Å². The Morgan fingerprint density at radius 1 is 0.857 bits per heavy atom. The van der Waals surface area contributed by atoms with Crippen LogP contribution in [0.1, 0.15) is 65.2 Å². The van der Waals surface area contributed by atoms with Gasteiger partial charge in [0, 0.05) is 0 Å². The highest BCUT2D eigenvalue weighted by Crippen LogP contribution is 2.11. The smallest absolute Gasteiger partial charge is 0.0170 e. The summed E-state index contributed by atoms with van der Waals surface area (Å²) in [6, 6.07) is 0. The Kier molecular flexibility index (Phi) is 10.9. The Balaban J connectivity index is 2.85. The standard InChI is InChI=1S/C12H26NO/c1-12(2)10-8-6-4-3-5-7-9-11-13-14/h12-13H,3-11H2,1-2H3/q-1. The van der Waals surface area contributed by atoms with Crippen molar-refractivity contribution in [2.45, 2.75) is 65.2 Å². The van der Waals surface area contributed by atoms with Gasteiger partial charge in [-0.3, -0.25) is 0 Å². The highest BCUT2D eigenvalue weighted by molar-refractivity contribution is 4.50. The summed E-state index contributed by atoms with van der Waals surface area (Å²) in [6.45, 7) is 5.21. The van der Waals surface area contributed by atoms with E-state index < -0.39 is 0 Å². The molecule has 0 saturated heterocycles. The highest BCUT2D eigenvalue weighted by atomic mass is 16.5. The van der Waals surface area contributed by atoms with Crippen molar-refractivity contribution in [1.82, 2.24) is 5.48 Å². The van der Waals surface area contributed by atoms with Crippen LogP contribution in [0.5, 0.6) is 0 Å². The maximum atomic E-state index is 9.92. The van der Waals surface area contributed by atoms with Crippen molar-refractivity contribution < 1.29 is 0 Å². The number of rotatable bonds is 10. The molecule has 0 atom stereocenters. The molecule has 0 saturated carbocycles. The summed E-state index contributed by atoms with van der Waals surface area (Å²) in [5.74, 6) is 0.859. The zero-order valence-electron chi connectivity index (χ0n) is 9.85. The molecular weight excluding hydrogens is 174 g/mol. The lowest BCUT2D eigenvalue weighted by Crippen LogP contribution is -2.04. The van der Waals surface area contributed by atoms with E-state index in [9.17, 15) is 5.21 Å². The summed E-state index contributed by atoms with van der Waals surface area (Å²) in [5.41, 5.74) is 1.94. The molecule has 0 aliphatic carbocycles. The number of unbranched alkanes of at least 4 members (excludes halogenated alkanes) is 6. The second-order valence-corrected chi connectivity index (χ2v) is 4.55. The molecule has 0 spiro atoms. The lowest BCUT2D eigenvalue weighted by Gasteiger charge is -2.06. The van der Waals surface area contributed by atoms with Gasteiger partial charge in [-0.25, -0.2) is 0 Å². The molecule has 0 fully saturated rings. The van der Waals surface area contributed by atoms with Gasteiger partial charge in [0.05, 0.1) is 0 Å². The van der Waals surface area contributed by atoms with Gasteiger partial charge in [0.25, 0.3) is 0 Å². The first kappa shape index (κ1) is 13.9. The van der Waals surface area contributed by atoms with E-state index in [4.69, 9.17) is 0 Å². The number of hydrogen-bond acceptors (Lipinski definition) is 2. The average Bonchev–Trinajstić information content (AvgIpc) is 2.15. The van der Waals surface area contributed by atoms with Crippen LogP contribution in [-0.4, -0.2) is 6.54 Å². The first-order valence-corrected chi connectivity index (χ1v) is 6.12. The summed E-state index contributed by atoms with van der Waals surface area (Å²) < 4.78 is 0. The molecule has 0 aliphatic heterocycles. The minimum Gasteiger partial charge on any atom is -0.788 e. The Labute approximate surface area is 89.1 Å². The second kappa shape index (κ2) is 11.0. The van der Waals surface area contributed by atoms with Crippen LogP contribution in [0.2, 0.25) is 0 Å². The third-order valence-corrected chi connectivity index (χ3v) is 2.56. The Bertz CT molecular complexity index is 104. The second-order valence-electron chi connectivity index (χ2n) is 4.55. The largest absolute Gasteiger partial charge is 0.788 e. The quantitative estimate of drug-likeness (QED) is 0.429. The molecule has 1 N–H and O–H groups in total. The molecule has 2 heteroatoms. The summed E-state index contributed by atoms with van der Waals surface area (Å²) in [4.78, 5) is 0. The van der Waals surface area contributed by atoms with E-state index in [0.29, 0.717) is 6.54 Å². The van der Waals surface area contributed by atoms with Crippen molar-refractivity contribution in [3.63, 3.8) is 0 Å². The van der Waals surface area contributed by atoms with Crippen molar-refractivity contribution >= 4 is 0 Å². The molecule has 0 aromatic rings. The van der Waals surface area contributed by atoms with Gasteiger partial charge in [-0.1, -0.05) is 58.8 Å². The van der Waals surface area contributed by atoms with Crippen LogP contribution >= 0.6 is 0 Å². The van der Waals surface area contributed by atoms with Crippen LogP contribution in [0.3, 0.4) is 0 Å². The Hall–Kier alpha value is -0.0800. The summed E-state index contributed by atoms with van der Waals surface area (Å²) >= 11 is 0. The third-order valence-electron chi connectivity index (χ3n) is 2.56. The highest BCUT2D eigenvalue weighted by Gasteiger charge is 1.94. The fourth-order valence-corrected chi connectivity index (χ4v) is 1.63. The lowest BCUT2D eigenvalue weighted by molar-refractivity contribution is 0.508. The summed E-state index contributed by atoms with van der Waals surface area (Å²) in [7, 11) is 0. The van der Waals surface area contributed by atoms with E-state index in [1.807, 2.05) is 5.48 Å². The van der Waals surface area contributed by atoms with Gasteiger partial charge >= 0.3 is 0 Å². The molecule has 2 nitrogen and oxygen atoms in total. The SMILES string of the molecule is CC(C)CCCCCCCCCN[O-]. The Morgan fingerprint density at radius 2 is 1.36 bits per heavy atom. The van der Waals surface area contributed by atoms with Gasteiger partial charge in [0.2, 0.25) is 0 Å². The van der Waals surface area contributed by atoms with E-state index in [0.717, 1.165) is 12.3 Å². The Morgan fingerprint density at radius 3 is 1.86 bits per heavy atom. The van der Waals surface area contributed by atoms with Crippen molar-refractivity contribution in [2.75, 3.05) is 6.54 Å². The fourth-order valence-electron chi connectivity index (χ4n) is 1.63. The zero-order valence-corrected chi connectivity index (χ0v) is 9.85. The van der Waals surface area contributed by atoms with Crippen LogP contribution in [0.15, 0.2) is 0 Å². The van der Waals surface area contributed by atoms with Gasteiger partial charge < -0.3 is 10.7 Å². The monoisotopic (exact) mass is 200 g/mol. The predicted molar refractivity (Wildman–Crippen MR) is 63.1 cm³/mol. The van der Waals surface area contributed by atoms with Gasteiger partial charge in [0.15, 0.2) is 0 Å². The van der Waals surface area contributed by atoms with Crippen molar-refractivity contribution in [3.05, 3.63) is 5.21 Å². The average molecular weight is 200 g/mol. The molecule has 0 heterocycles. The molecule has 86 valence electrons. The molecule has 0 amide bonds. The molecular formula is C12H26NO-. The molecule has 0 radical (unpaired) electrons. The van der Waals surface area contributed by atoms with Gasteiger partial charge in [0.1, 0.15) is 0 Å². The van der Waals surface area contributed by atoms with Crippen LogP contribution in [0.25, 0.3) is 0 Å². The number of hydroxylamine groups is 1. The third kappa shape index (κ3) is 11.9. The number of hydrogen-bond donors (Lipinski definition) is 1. The van der Waals surface area contributed by atoms with Crippen molar-refractivity contribution in [2.24, 2.45) is 5.92 Å². The fraction of sp³-hybridized carbons (Fsp3) is 1.00. The van der Waals surface area contributed by atoms with Crippen molar-refractivity contribution in [3.8, 4) is 0 Å². The van der Waals surface area contributed by atoms with Gasteiger partial charge in [-0.15, -0.1) is 0 Å². The summed E-state index contributed by atoms with van der Waals surface area (Å²) in [5, 5.41) is 9.92. The van der Waals surface area contributed by atoms with Gasteiger partial charge in [-0.2, -0.15) is 0 Å².